The van der Waals surface area contributed by atoms with Crippen LogP contribution >= 0.6 is 0 Å². The Balaban J connectivity index is 1.41. The standard InChI is InChI=1S/C25H35N3O/c1-29-24-12-10-22(11-13-24)20-28-19-18-27(17-16-26-14-6-3-7-15-26)21-25(28)23-8-4-2-5-9-23/h2,4-5,8-13,25H,3,6-7,14-21H2,1H3. The summed E-state index contributed by atoms with van der Waals surface area (Å²) < 4.78 is 5.32. The van der Waals surface area contributed by atoms with Crippen molar-refractivity contribution in [2.45, 2.75) is 31.8 Å². The maximum Gasteiger partial charge on any atom is 0.118 e. The van der Waals surface area contributed by atoms with E-state index in [1.54, 1.807) is 7.11 Å². The molecule has 2 heterocycles. The Hall–Kier alpha value is -1.88. The van der Waals surface area contributed by atoms with Gasteiger partial charge in [0.05, 0.1) is 7.11 Å². The lowest BCUT2D eigenvalue weighted by atomic mass is 10.0. The first-order valence-electron chi connectivity index (χ1n) is 11.2. The summed E-state index contributed by atoms with van der Waals surface area (Å²) in [6.07, 6.45) is 4.17. The van der Waals surface area contributed by atoms with Crippen LogP contribution in [0.4, 0.5) is 0 Å². The molecule has 0 amide bonds. The van der Waals surface area contributed by atoms with Gasteiger partial charge in [0, 0.05) is 45.3 Å². The largest absolute Gasteiger partial charge is 0.497 e. The molecule has 29 heavy (non-hydrogen) atoms. The van der Waals surface area contributed by atoms with Crippen LogP contribution in [0.15, 0.2) is 54.6 Å². The first-order chi connectivity index (χ1) is 14.3. The molecule has 2 aliphatic rings. The summed E-state index contributed by atoms with van der Waals surface area (Å²) in [5.74, 6) is 0.927. The molecule has 2 fully saturated rings. The van der Waals surface area contributed by atoms with Crippen LogP contribution in [0.2, 0.25) is 0 Å². The number of piperazine rings is 1. The zero-order valence-electron chi connectivity index (χ0n) is 17.8. The smallest absolute Gasteiger partial charge is 0.118 e. The summed E-state index contributed by atoms with van der Waals surface area (Å²) in [6, 6.07) is 20.0. The number of nitrogens with zero attached hydrogens (tertiary/aromatic N) is 3. The van der Waals surface area contributed by atoms with Crippen molar-refractivity contribution in [1.82, 2.24) is 14.7 Å². The third-order valence-corrected chi connectivity index (χ3v) is 6.49. The molecule has 4 heteroatoms. The summed E-state index contributed by atoms with van der Waals surface area (Å²) in [6.45, 7) is 9.38. The summed E-state index contributed by atoms with van der Waals surface area (Å²) in [7, 11) is 1.73. The van der Waals surface area contributed by atoms with Gasteiger partial charge in [0.1, 0.15) is 5.75 Å². The lowest BCUT2D eigenvalue weighted by molar-refractivity contribution is 0.0596. The van der Waals surface area contributed by atoms with E-state index in [9.17, 15) is 0 Å². The molecular weight excluding hydrogens is 358 g/mol. The van der Waals surface area contributed by atoms with E-state index in [1.807, 2.05) is 0 Å². The minimum atomic E-state index is 0.452. The zero-order chi connectivity index (χ0) is 19.9. The summed E-state index contributed by atoms with van der Waals surface area (Å²) in [5.41, 5.74) is 2.79. The summed E-state index contributed by atoms with van der Waals surface area (Å²) in [4.78, 5) is 7.98. The lowest BCUT2D eigenvalue weighted by Gasteiger charge is -2.42. The third kappa shape index (κ3) is 5.59. The molecule has 2 aromatic rings. The van der Waals surface area contributed by atoms with Crippen LogP contribution in [0.1, 0.15) is 36.4 Å². The molecule has 156 valence electrons. The van der Waals surface area contributed by atoms with Crippen molar-refractivity contribution < 1.29 is 4.74 Å². The average Bonchev–Trinajstić information content (AvgIpc) is 2.80. The Morgan fingerprint density at radius 3 is 2.24 bits per heavy atom. The highest BCUT2D eigenvalue weighted by Gasteiger charge is 2.28. The van der Waals surface area contributed by atoms with E-state index in [1.165, 1.54) is 56.6 Å². The number of likely N-dealkylation sites (tertiary alicyclic amines) is 1. The highest BCUT2D eigenvalue weighted by atomic mass is 16.5. The van der Waals surface area contributed by atoms with Crippen LogP contribution in [0.3, 0.4) is 0 Å². The molecule has 2 aliphatic heterocycles. The topological polar surface area (TPSA) is 19.0 Å². The Labute approximate surface area is 176 Å². The molecule has 0 spiro atoms. The molecule has 2 saturated heterocycles. The second-order valence-corrected chi connectivity index (χ2v) is 8.45. The van der Waals surface area contributed by atoms with Gasteiger partial charge in [0.25, 0.3) is 0 Å². The molecule has 2 aromatic carbocycles. The number of hydrogen-bond acceptors (Lipinski definition) is 4. The average molecular weight is 394 g/mol. The number of hydrogen-bond donors (Lipinski definition) is 0. The van der Waals surface area contributed by atoms with E-state index in [-0.39, 0.29) is 0 Å². The van der Waals surface area contributed by atoms with E-state index in [0.717, 1.165) is 31.9 Å². The summed E-state index contributed by atoms with van der Waals surface area (Å²) >= 11 is 0. The van der Waals surface area contributed by atoms with Crippen molar-refractivity contribution in [3.05, 3.63) is 65.7 Å². The fourth-order valence-electron chi connectivity index (χ4n) is 4.69. The zero-order valence-corrected chi connectivity index (χ0v) is 17.8. The molecule has 0 aliphatic carbocycles. The highest BCUT2D eigenvalue weighted by Crippen LogP contribution is 2.27. The van der Waals surface area contributed by atoms with Crippen molar-refractivity contribution in [3.8, 4) is 5.75 Å². The van der Waals surface area contributed by atoms with Crippen molar-refractivity contribution >= 4 is 0 Å². The van der Waals surface area contributed by atoms with Gasteiger partial charge in [-0.2, -0.15) is 0 Å². The fraction of sp³-hybridized carbons (Fsp3) is 0.520. The van der Waals surface area contributed by atoms with Crippen molar-refractivity contribution in [2.24, 2.45) is 0 Å². The monoisotopic (exact) mass is 393 g/mol. The van der Waals surface area contributed by atoms with Crippen LogP contribution in [0, 0.1) is 0 Å². The quantitative estimate of drug-likeness (QED) is 0.707. The van der Waals surface area contributed by atoms with Crippen LogP contribution in [-0.2, 0) is 6.54 Å². The van der Waals surface area contributed by atoms with Gasteiger partial charge in [-0.25, -0.2) is 0 Å². The molecule has 0 aromatic heterocycles. The van der Waals surface area contributed by atoms with Crippen LogP contribution in [0.25, 0.3) is 0 Å². The van der Waals surface area contributed by atoms with Gasteiger partial charge in [0.2, 0.25) is 0 Å². The fourth-order valence-corrected chi connectivity index (χ4v) is 4.69. The van der Waals surface area contributed by atoms with Gasteiger partial charge in [-0.05, 0) is 49.2 Å². The third-order valence-electron chi connectivity index (χ3n) is 6.49. The van der Waals surface area contributed by atoms with Crippen LogP contribution in [-0.4, -0.2) is 67.6 Å². The Morgan fingerprint density at radius 1 is 0.793 bits per heavy atom. The van der Waals surface area contributed by atoms with E-state index in [0.29, 0.717) is 6.04 Å². The van der Waals surface area contributed by atoms with Crippen molar-refractivity contribution in [1.29, 1.82) is 0 Å². The van der Waals surface area contributed by atoms with Gasteiger partial charge in [-0.3, -0.25) is 9.80 Å². The molecule has 0 N–H and O–H groups in total. The summed E-state index contributed by atoms with van der Waals surface area (Å²) in [5, 5.41) is 0. The van der Waals surface area contributed by atoms with E-state index in [2.05, 4.69) is 69.3 Å². The lowest BCUT2D eigenvalue weighted by Crippen LogP contribution is -2.50. The first-order valence-corrected chi connectivity index (χ1v) is 11.2. The van der Waals surface area contributed by atoms with Gasteiger partial charge in [-0.1, -0.05) is 48.9 Å². The van der Waals surface area contributed by atoms with Gasteiger partial charge < -0.3 is 9.64 Å². The van der Waals surface area contributed by atoms with Crippen LogP contribution in [0.5, 0.6) is 5.75 Å². The second kappa shape index (κ2) is 10.2. The normalized spacial score (nSPS) is 21.9. The second-order valence-electron chi connectivity index (χ2n) is 8.45. The molecule has 4 nitrogen and oxygen atoms in total. The molecule has 0 bridgehead atoms. The predicted molar refractivity (Wildman–Crippen MR) is 119 cm³/mol. The molecule has 0 radical (unpaired) electrons. The van der Waals surface area contributed by atoms with Crippen LogP contribution < -0.4 is 4.74 Å². The number of rotatable bonds is 7. The maximum absolute atomic E-state index is 5.32. The predicted octanol–water partition coefficient (Wildman–Crippen LogP) is 4.04. The molecule has 1 atom stereocenters. The molecule has 0 saturated carbocycles. The van der Waals surface area contributed by atoms with E-state index >= 15 is 0 Å². The Bertz CT molecular complexity index is 727. The minimum absolute atomic E-state index is 0.452. The van der Waals surface area contributed by atoms with Crippen molar-refractivity contribution in [2.75, 3.05) is 52.9 Å². The van der Waals surface area contributed by atoms with Gasteiger partial charge in [-0.15, -0.1) is 0 Å². The Morgan fingerprint density at radius 2 is 1.52 bits per heavy atom. The maximum atomic E-state index is 5.32. The highest BCUT2D eigenvalue weighted by molar-refractivity contribution is 5.28. The minimum Gasteiger partial charge on any atom is -0.497 e. The number of methoxy groups -OCH3 is 1. The van der Waals surface area contributed by atoms with E-state index < -0.39 is 0 Å². The number of benzene rings is 2. The number of piperidine rings is 1. The van der Waals surface area contributed by atoms with E-state index in [4.69, 9.17) is 4.74 Å². The number of ether oxygens (including phenoxy) is 1. The Kier molecular flexibility index (Phi) is 7.20. The first kappa shape index (κ1) is 20.4. The molecule has 1 unspecified atom stereocenters. The SMILES string of the molecule is COc1ccc(CN2CCN(CCN3CCCCC3)CC2c2ccccc2)cc1. The van der Waals surface area contributed by atoms with Gasteiger partial charge >= 0.3 is 0 Å². The van der Waals surface area contributed by atoms with Crippen molar-refractivity contribution in [3.63, 3.8) is 0 Å². The molecule has 4 rings (SSSR count). The molecular formula is C25H35N3O. The van der Waals surface area contributed by atoms with Gasteiger partial charge in [0.15, 0.2) is 0 Å².